The molecule has 1 fully saturated rings. The minimum atomic E-state index is 0.425. The van der Waals surface area contributed by atoms with Crippen LogP contribution in [0.25, 0.3) is 0 Å². The van der Waals surface area contributed by atoms with Gasteiger partial charge in [0.2, 0.25) is 0 Å². The highest BCUT2D eigenvalue weighted by molar-refractivity contribution is 4.86. The van der Waals surface area contributed by atoms with Crippen LogP contribution < -0.4 is 0 Å². The number of unbranched alkanes of at least 4 members (excludes halogenated alkanes) is 1. The first-order valence-corrected chi connectivity index (χ1v) is 6.55. The van der Waals surface area contributed by atoms with Gasteiger partial charge in [0.25, 0.3) is 0 Å². The first kappa shape index (κ1) is 13.0. The summed E-state index contributed by atoms with van der Waals surface area (Å²) in [6, 6.07) is 0. The zero-order valence-corrected chi connectivity index (χ0v) is 10.7. The van der Waals surface area contributed by atoms with Crippen molar-refractivity contribution in [1.82, 2.24) is 4.90 Å². The van der Waals surface area contributed by atoms with Crippen molar-refractivity contribution in [2.24, 2.45) is 0 Å². The molecule has 1 atom stereocenters. The molecule has 0 aromatic rings. The molecule has 1 aliphatic rings. The fraction of sp³-hybridized carbons (Fsp3) is 1.00. The Balaban J connectivity index is 2.52. The second-order valence-electron chi connectivity index (χ2n) is 4.95. The van der Waals surface area contributed by atoms with E-state index in [1.807, 2.05) is 0 Å². The highest BCUT2D eigenvalue weighted by Gasteiger charge is 2.31. The Kier molecular flexibility index (Phi) is 5.62. The second-order valence-corrected chi connectivity index (χ2v) is 4.95. The van der Waals surface area contributed by atoms with E-state index in [-0.39, 0.29) is 0 Å². The lowest BCUT2D eigenvalue weighted by Crippen LogP contribution is -2.51. The van der Waals surface area contributed by atoms with Gasteiger partial charge < -0.3 is 4.74 Å². The fourth-order valence-corrected chi connectivity index (χ4v) is 2.64. The Morgan fingerprint density at radius 3 is 2.27 bits per heavy atom. The van der Waals surface area contributed by atoms with Crippen molar-refractivity contribution >= 4 is 0 Å². The highest BCUT2D eigenvalue weighted by atomic mass is 16.5. The Morgan fingerprint density at radius 2 is 1.73 bits per heavy atom. The highest BCUT2D eigenvalue weighted by Crippen LogP contribution is 2.28. The molecule has 2 nitrogen and oxygen atoms in total. The molecule has 0 spiro atoms. The van der Waals surface area contributed by atoms with E-state index >= 15 is 0 Å². The standard InChI is InChI=1S/C13H27NO/c1-4-6-8-13(3,7-5-2)14-9-11-15-12-10-14/h4-12H2,1-3H3. The molecule has 0 aromatic heterocycles. The van der Waals surface area contributed by atoms with Crippen LogP contribution >= 0.6 is 0 Å². The summed E-state index contributed by atoms with van der Waals surface area (Å²) in [6.07, 6.45) is 6.62. The third kappa shape index (κ3) is 3.76. The quantitative estimate of drug-likeness (QED) is 0.672. The summed E-state index contributed by atoms with van der Waals surface area (Å²) in [5.41, 5.74) is 0.425. The van der Waals surface area contributed by atoms with Crippen molar-refractivity contribution in [1.29, 1.82) is 0 Å². The summed E-state index contributed by atoms with van der Waals surface area (Å²) in [6.45, 7) is 11.1. The van der Waals surface area contributed by atoms with Crippen molar-refractivity contribution < 1.29 is 4.74 Å². The predicted molar refractivity (Wildman–Crippen MR) is 65.2 cm³/mol. The third-order valence-corrected chi connectivity index (χ3v) is 3.63. The molecule has 0 N–H and O–H groups in total. The van der Waals surface area contributed by atoms with Gasteiger partial charge in [0.05, 0.1) is 13.2 Å². The van der Waals surface area contributed by atoms with Crippen LogP contribution in [0.15, 0.2) is 0 Å². The summed E-state index contributed by atoms with van der Waals surface area (Å²) < 4.78 is 5.44. The van der Waals surface area contributed by atoms with Crippen LogP contribution in [0.3, 0.4) is 0 Å². The zero-order chi connectivity index (χ0) is 11.1. The molecular formula is C13H27NO. The molecule has 0 bridgehead atoms. The number of morpholine rings is 1. The van der Waals surface area contributed by atoms with Crippen molar-refractivity contribution in [2.75, 3.05) is 26.3 Å². The Bertz CT molecular complexity index is 166. The third-order valence-electron chi connectivity index (χ3n) is 3.63. The van der Waals surface area contributed by atoms with E-state index in [2.05, 4.69) is 25.7 Å². The maximum atomic E-state index is 5.44. The van der Waals surface area contributed by atoms with Gasteiger partial charge in [-0.25, -0.2) is 0 Å². The van der Waals surface area contributed by atoms with Gasteiger partial charge in [-0.05, 0) is 19.8 Å². The van der Waals surface area contributed by atoms with E-state index < -0.39 is 0 Å². The lowest BCUT2D eigenvalue weighted by atomic mass is 9.87. The van der Waals surface area contributed by atoms with E-state index in [0.717, 1.165) is 26.3 Å². The predicted octanol–water partition coefficient (Wildman–Crippen LogP) is 3.07. The van der Waals surface area contributed by atoms with Crippen LogP contribution in [0.1, 0.15) is 52.9 Å². The van der Waals surface area contributed by atoms with Gasteiger partial charge in [-0.2, -0.15) is 0 Å². The van der Waals surface area contributed by atoms with Crippen LogP contribution in [-0.2, 0) is 4.74 Å². The van der Waals surface area contributed by atoms with Gasteiger partial charge >= 0.3 is 0 Å². The molecule has 1 aliphatic heterocycles. The maximum Gasteiger partial charge on any atom is 0.0594 e. The molecule has 1 rings (SSSR count). The molecular weight excluding hydrogens is 186 g/mol. The van der Waals surface area contributed by atoms with E-state index in [4.69, 9.17) is 4.74 Å². The Morgan fingerprint density at radius 1 is 1.07 bits per heavy atom. The smallest absolute Gasteiger partial charge is 0.0594 e. The number of hydrogen-bond acceptors (Lipinski definition) is 2. The molecule has 0 aromatic carbocycles. The average Bonchev–Trinajstić information content (AvgIpc) is 2.28. The van der Waals surface area contributed by atoms with Crippen LogP contribution in [0.2, 0.25) is 0 Å². The summed E-state index contributed by atoms with van der Waals surface area (Å²) in [4.78, 5) is 2.65. The summed E-state index contributed by atoms with van der Waals surface area (Å²) in [7, 11) is 0. The van der Waals surface area contributed by atoms with Crippen molar-refractivity contribution in [3.8, 4) is 0 Å². The Labute approximate surface area is 95.0 Å². The monoisotopic (exact) mass is 213 g/mol. The molecule has 2 heteroatoms. The fourth-order valence-electron chi connectivity index (χ4n) is 2.64. The van der Waals surface area contributed by atoms with Gasteiger partial charge in [0.1, 0.15) is 0 Å². The zero-order valence-electron chi connectivity index (χ0n) is 10.7. The number of rotatable bonds is 6. The van der Waals surface area contributed by atoms with Gasteiger partial charge in [0, 0.05) is 18.6 Å². The maximum absolute atomic E-state index is 5.44. The summed E-state index contributed by atoms with van der Waals surface area (Å²) in [5.74, 6) is 0. The number of ether oxygens (including phenoxy) is 1. The molecule has 1 heterocycles. The van der Waals surface area contributed by atoms with Gasteiger partial charge in [-0.1, -0.05) is 33.1 Å². The van der Waals surface area contributed by atoms with Crippen LogP contribution in [0.4, 0.5) is 0 Å². The molecule has 1 saturated heterocycles. The van der Waals surface area contributed by atoms with E-state index in [9.17, 15) is 0 Å². The molecule has 0 radical (unpaired) electrons. The van der Waals surface area contributed by atoms with Crippen molar-refractivity contribution in [2.45, 2.75) is 58.4 Å². The minimum Gasteiger partial charge on any atom is -0.379 e. The van der Waals surface area contributed by atoms with E-state index in [1.54, 1.807) is 0 Å². The van der Waals surface area contributed by atoms with E-state index in [1.165, 1.54) is 32.1 Å². The topological polar surface area (TPSA) is 12.5 Å². The minimum absolute atomic E-state index is 0.425. The first-order valence-electron chi connectivity index (χ1n) is 6.55. The normalized spacial score (nSPS) is 22.6. The molecule has 15 heavy (non-hydrogen) atoms. The molecule has 1 unspecified atom stereocenters. The first-order chi connectivity index (χ1) is 7.23. The van der Waals surface area contributed by atoms with E-state index in [0.29, 0.717) is 5.54 Å². The van der Waals surface area contributed by atoms with Crippen LogP contribution in [0.5, 0.6) is 0 Å². The molecule has 0 saturated carbocycles. The molecule has 0 amide bonds. The number of nitrogens with zero attached hydrogens (tertiary/aromatic N) is 1. The lowest BCUT2D eigenvalue weighted by Gasteiger charge is -2.43. The largest absolute Gasteiger partial charge is 0.379 e. The lowest BCUT2D eigenvalue weighted by molar-refractivity contribution is -0.0235. The van der Waals surface area contributed by atoms with Crippen molar-refractivity contribution in [3.63, 3.8) is 0 Å². The Hall–Kier alpha value is -0.0800. The molecule has 0 aliphatic carbocycles. The van der Waals surface area contributed by atoms with Crippen LogP contribution in [0, 0.1) is 0 Å². The van der Waals surface area contributed by atoms with Crippen molar-refractivity contribution in [3.05, 3.63) is 0 Å². The SMILES string of the molecule is CCCCC(C)(CCC)N1CCOCC1. The van der Waals surface area contributed by atoms with Gasteiger partial charge in [0.15, 0.2) is 0 Å². The van der Waals surface area contributed by atoms with Gasteiger partial charge in [-0.3, -0.25) is 4.90 Å². The van der Waals surface area contributed by atoms with Gasteiger partial charge in [-0.15, -0.1) is 0 Å². The average molecular weight is 213 g/mol. The number of hydrogen-bond donors (Lipinski definition) is 0. The van der Waals surface area contributed by atoms with Crippen LogP contribution in [-0.4, -0.2) is 36.7 Å². The summed E-state index contributed by atoms with van der Waals surface area (Å²) >= 11 is 0. The summed E-state index contributed by atoms with van der Waals surface area (Å²) in [5, 5.41) is 0. The molecule has 90 valence electrons. The second kappa shape index (κ2) is 6.49.